The lowest BCUT2D eigenvalue weighted by molar-refractivity contribution is 0.0320. The van der Waals surface area contributed by atoms with Crippen molar-refractivity contribution in [1.29, 1.82) is 0 Å². The van der Waals surface area contributed by atoms with E-state index in [0.717, 1.165) is 5.69 Å². The van der Waals surface area contributed by atoms with E-state index in [-0.39, 0.29) is 5.78 Å². The zero-order valence-corrected chi connectivity index (χ0v) is 15.4. The van der Waals surface area contributed by atoms with Gasteiger partial charge in [0.1, 0.15) is 0 Å². The minimum atomic E-state index is -0.913. The number of ketones is 1. The van der Waals surface area contributed by atoms with Crippen molar-refractivity contribution in [2.24, 2.45) is 0 Å². The number of ether oxygens (including phenoxy) is 1. The first-order chi connectivity index (χ1) is 13.0. The third-order valence-corrected chi connectivity index (χ3v) is 4.23. The summed E-state index contributed by atoms with van der Waals surface area (Å²) in [5.41, 5.74) is 2.26. The maximum Gasteiger partial charge on any atom is 0.340 e. The molecule has 0 unspecified atom stereocenters. The molecule has 136 valence electrons. The summed E-state index contributed by atoms with van der Waals surface area (Å²) in [5, 5.41) is 3.73. The molecular weight excluding hydrogens is 362 g/mol. The van der Waals surface area contributed by atoms with E-state index in [1.165, 1.54) is 0 Å². The monoisotopic (exact) mass is 379 g/mol. The maximum absolute atomic E-state index is 12.6. The van der Waals surface area contributed by atoms with Gasteiger partial charge in [-0.1, -0.05) is 41.9 Å². The Balaban J connectivity index is 1.74. The second-order valence-electron chi connectivity index (χ2n) is 5.96. The highest BCUT2D eigenvalue weighted by Gasteiger charge is 2.22. The first-order valence-corrected chi connectivity index (χ1v) is 8.84. The average Bonchev–Trinajstić information content (AvgIpc) is 2.69. The maximum atomic E-state index is 12.6. The van der Waals surface area contributed by atoms with Crippen molar-refractivity contribution in [3.8, 4) is 0 Å². The molecule has 0 heterocycles. The fourth-order valence-corrected chi connectivity index (χ4v) is 2.70. The van der Waals surface area contributed by atoms with Gasteiger partial charge in [0.2, 0.25) is 5.78 Å². The molecule has 0 amide bonds. The molecule has 4 nitrogen and oxygen atoms in total. The van der Waals surface area contributed by atoms with Crippen LogP contribution in [0.3, 0.4) is 0 Å². The van der Waals surface area contributed by atoms with Gasteiger partial charge in [0.05, 0.1) is 11.3 Å². The number of hydrogen-bond acceptors (Lipinski definition) is 4. The fraction of sp³-hybridized carbons (Fsp3) is 0.0909. The van der Waals surface area contributed by atoms with Gasteiger partial charge in [-0.3, -0.25) is 4.79 Å². The Labute approximate surface area is 162 Å². The fourth-order valence-electron chi connectivity index (χ4n) is 2.57. The van der Waals surface area contributed by atoms with Crippen LogP contribution < -0.4 is 5.32 Å². The van der Waals surface area contributed by atoms with Crippen LogP contribution >= 0.6 is 11.6 Å². The predicted octanol–water partition coefficient (Wildman–Crippen LogP) is 5.51. The van der Waals surface area contributed by atoms with Gasteiger partial charge in [0.15, 0.2) is 6.10 Å². The second-order valence-corrected chi connectivity index (χ2v) is 6.39. The zero-order chi connectivity index (χ0) is 19.2. The van der Waals surface area contributed by atoms with Crippen molar-refractivity contribution in [3.05, 3.63) is 95.0 Å². The molecule has 0 radical (unpaired) electrons. The molecule has 1 atom stereocenters. The molecule has 3 aromatic carbocycles. The molecule has 0 saturated heterocycles. The topological polar surface area (TPSA) is 55.4 Å². The minimum absolute atomic E-state index is 0.284. The lowest BCUT2D eigenvalue weighted by Crippen LogP contribution is -2.24. The number of carbonyl (C=O) groups excluding carboxylic acids is 2. The van der Waals surface area contributed by atoms with E-state index < -0.39 is 12.1 Å². The molecule has 0 fully saturated rings. The molecule has 0 spiro atoms. The van der Waals surface area contributed by atoms with Gasteiger partial charge in [-0.2, -0.15) is 0 Å². The lowest BCUT2D eigenvalue weighted by Gasteiger charge is -2.15. The van der Waals surface area contributed by atoms with E-state index in [2.05, 4.69) is 5.32 Å². The summed E-state index contributed by atoms with van der Waals surface area (Å²) in [6.45, 7) is 1.56. The van der Waals surface area contributed by atoms with Crippen molar-refractivity contribution in [3.63, 3.8) is 0 Å². The summed E-state index contributed by atoms with van der Waals surface area (Å²) in [6, 6.07) is 23.0. The van der Waals surface area contributed by atoms with Gasteiger partial charge in [-0.05, 0) is 55.5 Å². The van der Waals surface area contributed by atoms with Gasteiger partial charge in [-0.15, -0.1) is 0 Å². The third-order valence-electron chi connectivity index (χ3n) is 3.98. The molecule has 0 aromatic heterocycles. The number of hydrogen-bond donors (Lipinski definition) is 1. The third kappa shape index (κ3) is 4.74. The van der Waals surface area contributed by atoms with E-state index in [0.29, 0.717) is 21.8 Å². The summed E-state index contributed by atoms with van der Waals surface area (Å²) >= 11 is 5.84. The molecule has 0 aliphatic heterocycles. The molecule has 1 N–H and O–H groups in total. The molecule has 3 aromatic rings. The number of esters is 1. The summed E-state index contributed by atoms with van der Waals surface area (Å²) in [7, 11) is 0. The van der Waals surface area contributed by atoms with Crippen LogP contribution in [0.5, 0.6) is 0 Å². The molecule has 0 aliphatic carbocycles. The summed E-state index contributed by atoms with van der Waals surface area (Å²) in [6.07, 6.45) is -0.913. The number of carbonyl (C=O) groups is 2. The Kier molecular flexibility index (Phi) is 5.89. The van der Waals surface area contributed by atoms with E-state index in [4.69, 9.17) is 16.3 Å². The van der Waals surface area contributed by atoms with Gasteiger partial charge in [-0.25, -0.2) is 4.79 Å². The largest absolute Gasteiger partial charge is 0.451 e. The van der Waals surface area contributed by atoms with E-state index in [1.54, 1.807) is 49.4 Å². The second kappa shape index (κ2) is 8.52. The van der Waals surface area contributed by atoms with E-state index in [9.17, 15) is 9.59 Å². The Hall–Kier alpha value is -3.11. The predicted molar refractivity (Wildman–Crippen MR) is 107 cm³/mol. The Morgan fingerprint density at radius 3 is 2.22 bits per heavy atom. The van der Waals surface area contributed by atoms with Crippen molar-refractivity contribution in [2.75, 3.05) is 5.32 Å². The molecule has 0 bridgehead atoms. The van der Waals surface area contributed by atoms with Crippen LogP contribution in [0, 0.1) is 0 Å². The summed E-state index contributed by atoms with van der Waals surface area (Å²) in [4.78, 5) is 25.1. The highest BCUT2D eigenvalue weighted by atomic mass is 35.5. The lowest BCUT2D eigenvalue weighted by atomic mass is 10.1. The van der Waals surface area contributed by atoms with Crippen LogP contribution in [0.15, 0.2) is 78.9 Å². The van der Waals surface area contributed by atoms with Gasteiger partial charge >= 0.3 is 5.97 Å². The van der Waals surface area contributed by atoms with E-state index in [1.807, 2.05) is 36.4 Å². The zero-order valence-electron chi connectivity index (χ0n) is 14.7. The number of nitrogens with one attached hydrogen (secondary N) is 1. The van der Waals surface area contributed by atoms with Crippen molar-refractivity contribution < 1.29 is 14.3 Å². The number of benzene rings is 3. The first kappa shape index (κ1) is 18.7. The van der Waals surface area contributed by atoms with Crippen LogP contribution in [-0.2, 0) is 4.74 Å². The van der Waals surface area contributed by atoms with Gasteiger partial charge in [0.25, 0.3) is 0 Å². The quantitative estimate of drug-likeness (QED) is 0.453. The first-order valence-electron chi connectivity index (χ1n) is 8.46. The van der Waals surface area contributed by atoms with E-state index >= 15 is 0 Å². The molecular formula is C22H18ClNO3. The van der Waals surface area contributed by atoms with Gasteiger partial charge < -0.3 is 10.1 Å². The van der Waals surface area contributed by atoms with Crippen LogP contribution in [0.25, 0.3) is 0 Å². The van der Waals surface area contributed by atoms with Crippen LogP contribution in [0.4, 0.5) is 11.4 Å². The number of Topliss-reactive ketones (excluding diaryl/α,β-unsaturated/α-hetero) is 1. The van der Waals surface area contributed by atoms with Gasteiger partial charge in [0, 0.05) is 16.3 Å². The normalized spacial score (nSPS) is 11.5. The smallest absolute Gasteiger partial charge is 0.340 e. The summed E-state index contributed by atoms with van der Waals surface area (Å²) < 4.78 is 5.40. The highest BCUT2D eigenvalue weighted by molar-refractivity contribution is 6.30. The molecule has 3 rings (SSSR count). The van der Waals surface area contributed by atoms with Crippen molar-refractivity contribution in [2.45, 2.75) is 13.0 Å². The Morgan fingerprint density at radius 1 is 0.889 bits per heavy atom. The molecule has 0 aliphatic rings. The summed E-state index contributed by atoms with van der Waals surface area (Å²) in [5.74, 6) is -0.850. The van der Waals surface area contributed by atoms with Crippen LogP contribution in [0.1, 0.15) is 27.6 Å². The number of halogens is 1. The Morgan fingerprint density at radius 2 is 1.52 bits per heavy atom. The molecule has 5 heteroatoms. The average molecular weight is 380 g/mol. The number of rotatable bonds is 6. The number of anilines is 2. The standard InChI is InChI=1S/C22H18ClNO3/c1-15(21(25)16-11-13-17(23)14-12-16)27-22(26)19-9-5-6-10-20(19)24-18-7-3-2-4-8-18/h2-15,24H,1H3/t15-/m0/s1. The highest BCUT2D eigenvalue weighted by Crippen LogP contribution is 2.22. The Bertz CT molecular complexity index is 939. The van der Waals surface area contributed by atoms with Crippen LogP contribution in [0.2, 0.25) is 5.02 Å². The SMILES string of the molecule is C[C@H](OC(=O)c1ccccc1Nc1ccccc1)C(=O)c1ccc(Cl)cc1. The van der Waals surface area contributed by atoms with Crippen molar-refractivity contribution >= 4 is 34.7 Å². The number of para-hydroxylation sites is 2. The van der Waals surface area contributed by atoms with Crippen molar-refractivity contribution in [1.82, 2.24) is 0 Å². The molecule has 0 saturated carbocycles. The van der Waals surface area contributed by atoms with Crippen LogP contribution in [-0.4, -0.2) is 17.9 Å². The molecule has 27 heavy (non-hydrogen) atoms. The minimum Gasteiger partial charge on any atom is -0.451 e.